The third-order valence-electron chi connectivity index (χ3n) is 4.82. The fourth-order valence-electron chi connectivity index (χ4n) is 3.23. The van der Waals surface area contributed by atoms with E-state index in [2.05, 4.69) is 20.3 Å². The molecule has 2 aromatic rings. The quantitative estimate of drug-likeness (QED) is 0.902. The van der Waals surface area contributed by atoms with Gasteiger partial charge >= 0.3 is 0 Å². The predicted octanol–water partition coefficient (Wildman–Crippen LogP) is 2.15. The molecule has 0 radical (unpaired) electrons. The standard InChI is InChI=1S/C17H23N5OS/c1-21-11-13(8-19-21)17-18-9-15(24-17)16(23)20-14-4-6-22(7-5-14)10-12-2-3-12/h8-9,11-12,14H,2-7,10H2,1H3,(H,20,23). The van der Waals surface area contributed by atoms with Crippen LogP contribution in [-0.2, 0) is 7.05 Å². The number of nitrogens with one attached hydrogen (secondary N) is 1. The van der Waals surface area contributed by atoms with Crippen LogP contribution in [0, 0.1) is 5.92 Å². The molecular formula is C17H23N5OS. The number of aromatic nitrogens is 3. The van der Waals surface area contributed by atoms with Crippen LogP contribution in [0.3, 0.4) is 0 Å². The first-order valence-corrected chi connectivity index (χ1v) is 9.47. The lowest BCUT2D eigenvalue weighted by Gasteiger charge is -2.32. The number of likely N-dealkylation sites (tertiary alicyclic amines) is 1. The van der Waals surface area contributed by atoms with Crippen LogP contribution in [0.15, 0.2) is 18.6 Å². The summed E-state index contributed by atoms with van der Waals surface area (Å²) >= 11 is 1.43. The van der Waals surface area contributed by atoms with Crippen LogP contribution in [0.1, 0.15) is 35.4 Å². The van der Waals surface area contributed by atoms with Crippen LogP contribution in [-0.4, -0.2) is 51.2 Å². The molecule has 1 saturated heterocycles. The van der Waals surface area contributed by atoms with Gasteiger partial charge in [-0.1, -0.05) is 0 Å². The third-order valence-corrected chi connectivity index (χ3v) is 5.86. The van der Waals surface area contributed by atoms with Gasteiger partial charge in [-0.05, 0) is 31.6 Å². The lowest BCUT2D eigenvalue weighted by atomic mass is 10.0. The Morgan fingerprint density at radius 2 is 2.08 bits per heavy atom. The molecule has 0 atom stereocenters. The molecule has 0 spiro atoms. The smallest absolute Gasteiger partial charge is 0.263 e. The molecule has 3 heterocycles. The van der Waals surface area contributed by atoms with Crippen molar-refractivity contribution >= 4 is 17.2 Å². The fraction of sp³-hybridized carbons (Fsp3) is 0.588. The van der Waals surface area contributed by atoms with Gasteiger partial charge in [-0.2, -0.15) is 5.10 Å². The molecule has 1 saturated carbocycles. The average Bonchev–Trinajstić information content (AvgIpc) is 3.08. The summed E-state index contributed by atoms with van der Waals surface area (Å²) in [7, 11) is 1.88. The van der Waals surface area contributed by atoms with E-state index in [9.17, 15) is 4.79 Å². The molecule has 0 unspecified atom stereocenters. The van der Waals surface area contributed by atoms with Crippen molar-refractivity contribution in [3.05, 3.63) is 23.5 Å². The number of thiazole rings is 1. The Labute approximate surface area is 145 Å². The summed E-state index contributed by atoms with van der Waals surface area (Å²) in [5, 5.41) is 8.17. The largest absolute Gasteiger partial charge is 0.348 e. The van der Waals surface area contributed by atoms with Crippen molar-refractivity contribution in [2.24, 2.45) is 13.0 Å². The summed E-state index contributed by atoms with van der Waals surface area (Å²) in [4.78, 5) is 20.0. The summed E-state index contributed by atoms with van der Waals surface area (Å²) in [6.45, 7) is 3.46. The lowest BCUT2D eigenvalue weighted by Crippen LogP contribution is -2.45. The van der Waals surface area contributed by atoms with Crippen LogP contribution >= 0.6 is 11.3 Å². The van der Waals surface area contributed by atoms with Crippen LogP contribution < -0.4 is 5.32 Å². The van der Waals surface area contributed by atoms with E-state index in [-0.39, 0.29) is 11.9 Å². The van der Waals surface area contributed by atoms with E-state index in [4.69, 9.17) is 0 Å². The summed E-state index contributed by atoms with van der Waals surface area (Å²) in [6.07, 6.45) is 10.3. The highest BCUT2D eigenvalue weighted by molar-refractivity contribution is 7.16. The van der Waals surface area contributed by atoms with Gasteiger partial charge in [0.2, 0.25) is 0 Å². The van der Waals surface area contributed by atoms with Gasteiger partial charge in [-0.15, -0.1) is 11.3 Å². The van der Waals surface area contributed by atoms with E-state index < -0.39 is 0 Å². The van der Waals surface area contributed by atoms with Crippen molar-refractivity contribution in [2.45, 2.75) is 31.7 Å². The molecule has 2 aliphatic rings. The maximum atomic E-state index is 12.5. The topological polar surface area (TPSA) is 63.1 Å². The molecule has 2 aromatic heterocycles. The van der Waals surface area contributed by atoms with Gasteiger partial charge in [-0.3, -0.25) is 9.48 Å². The Morgan fingerprint density at radius 3 is 2.75 bits per heavy atom. The highest BCUT2D eigenvalue weighted by Crippen LogP contribution is 2.30. The van der Waals surface area contributed by atoms with Crippen molar-refractivity contribution in [1.29, 1.82) is 0 Å². The normalized spacial score (nSPS) is 19.5. The molecule has 6 nitrogen and oxygen atoms in total. The lowest BCUT2D eigenvalue weighted by molar-refractivity contribution is 0.0913. The number of amides is 1. The highest BCUT2D eigenvalue weighted by atomic mass is 32.1. The molecule has 4 rings (SSSR count). The predicted molar refractivity (Wildman–Crippen MR) is 94.0 cm³/mol. The van der Waals surface area contributed by atoms with E-state index in [1.165, 1.54) is 30.7 Å². The van der Waals surface area contributed by atoms with E-state index in [1.807, 2.05) is 13.2 Å². The summed E-state index contributed by atoms with van der Waals surface area (Å²) in [6, 6.07) is 0.289. The molecule has 128 valence electrons. The second-order valence-corrected chi connectivity index (χ2v) is 7.95. The zero-order chi connectivity index (χ0) is 16.5. The minimum Gasteiger partial charge on any atom is -0.348 e. The van der Waals surface area contributed by atoms with E-state index >= 15 is 0 Å². The maximum Gasteiger partial charge on any atom is 0.263 e. The van der Waals surface area contributed by atoms with Gasteiger partial charge in [0.05, 0.1) is 12.4 Å². The van der Waals surface area contributed by atoms with Gasteiger partial charge < -0.3 is 10.2 Å². The number of aryl methyl sites for hydroxylation is 1. The number of rotatable bonds is 5. The first kappa shape index (κ1) is 15.8. The second-order valence-electron chi connectivity index (χ2n) is 6.92. The SMILES string of the molecule is Cn1cc(-c2ncc(C(=O)NC3CCN(CC4CC4)CC3)s2)cn1. The van der Waals surface area contributed by atoms with Gasteiger partial charge in [0.25, 0.3) is 5.91 Å². The Hall–Kier alpha value is -1.73. The molecule has 0 bridgehead atoms. The number of nitrogens with zero attached hydrogens (tertiary/aromatic N) is 4. The van der Waals surface area contributed by atoms with Gasteiger partial charge in [0.1, 0.15) is 9.88 Å². The average molecular weight is 345 g/mol. The van der Waals surface area contributed by atoms with Crippen molar-refractivity contribution in [3.63, 3.8) is 0 Å². The zero-order valence-electron chi connectivity index (χ0n) is 13.9. The van der Waals surface area contributed by atoms with E-state index in [0.717, 1.165) is 42.4 Å². The molecule has 1 aliphatic carbocycles. The molecule has 1 amide bonds. The highest BCUT2D eigenvalue weighted by Gasteiger charge is 2.27. The monoisotopic (exact) mass is 345 g/mol. The van der Waals surface area contributed by atoms with Gasteiger partial charge in [-0.25, -0.2) is 4.98 Å². The molecule has 24 heavy (non-hydrogen) atoms. The number of hydrogen-bond donors (Lipinski definition) is 1. The van der Waals surface area contributed by atoms with Crippen molar-refractivity contribution in [2.75, 3.05) is 19.6 Å². The molecule has 1 N–H and O–H groups in total. The number of carbonyl (C=O) groups is 1. The Kier molecular flexibility index (Phi) is 4.37. The van der Waals surface area contributed by atoms with E-state index in [1.54, 1.807) is 17.1 Å². The Balaban J connectivity index is 1.31. The molecule has 7 heteroatoms. The zero-order valence-corrected chi connectivity index (χ0v) is 14.8. The maximum absolute atomic E-state index is 12.5. The van der Waals surface area contributed by atoms with E-state index in [0.29, 0.717) is 4.88 Å². The second kappa shape index (κ2) is 6.64. The van der Waals surface area contributed by atoms with Crippen LogP contribution in [0.5, 0.6) is 0 Å². The summed E-state index contributed by atoms with van der Waals surface area (Å²) in [5.41, 5.74) is 0.954. The Bertz CT molecular complexity index is 712. The molecule has 1 aliphatic heterocycles. The summed E-state index contributed by atoms with van der Waals surface area (Å²) < 4.78 is 1.74. The first-order valence-electron chi connectivity index (χ1n) is 8.65. The minimum atomic E-state index is 0.00304. The van der Waals surface area contributed by atoms with Crippen molar-refractivity contribution in [1.82, 2.24) is 25.0 Å². The molecule has 2 fully saturated rings. The van der Waals surface area contributed by atoms with Crippen molar-refractivity contribution < 1.29 is 4.79 Å². The first-order chi connectivity index (χ1) is 11.7. The van der Waals surface area contributed by atoms with Crippen LogP contribution in [0.25, 0.3) is 10.6 Å². The van der Waals surface area contributed by atoms with Crippen LogP contribution in [0.4, 0.5) is 0 Å². The van der Waals surface area contributed by atoms with Crippen molar-refractivity contribution in [3.8, 4) is 10.6 Å². The number of hydrogen-bond acceptors (Lipinski definition) is 5. The molecular weight excluding hydrogens is 322 g/mol. The molecule has 0 aromatic carbocycles. The third kappa shape index (κ3) is 3.67. The van der Waals surface area contributed by atoms with Gasteiger partial charge in [0, 0.05) is 44.5 Å². The Morgan fingerprint density at radius 1 is 1.29 bits per heavy atom. The fourth-order valence-corrected chi connectivity index (χ4v) is 4.02. The number of carbonyl (C=O) groups excluding carboxylic acids is 1. The van der Waals surface area contributed by atoms with Gasteiger partial charge in [0.15, 0.2) is 0 Å². The number of piperidine rings is 1. The minimum absolute atomic E-state index is 0.00304. The van der Waals surface area contributed by atoms with Crippen LogP contribution in [0.2, 0.25) is 0 Å². The summed E-state index contributed by atoms with van der Waals surface area (Å²) in [5.74, 6) is 0.947.